The van der Waals surface area contributed by atoms with Gasteiger partial charge < -0.3 is 19.4 Å². The number of hydrogen-bond acceptors (Lipinski definition) is 5. The third-order valence-electron chi connectivity index (χ3n) is 5.76. The molecule has 7 heteroatoms. The minimum absolute atomic E-state index is 0.0258. The predicted octanol–water partition coefficient (Wildman–Crippen LogP) is 4.22. The van der Waals surface area contributed by atoms with E-state index in [1.54, 1.807) is 47.0 Å². The Morgan fingerprint density at radius 2 is 1.65 bits per heavy atom. The van der Waals surface area contributed by atoms with Crippen LogP contribution >= 0.6 is 0 Å². The van der Waals surface area contributed by atoms with Crippen LogP contribution in [0.5, 0.6) is 11.5 Å². The second-order valence-corrected chi connectivity index (χ2v) is 8.33. The number of pyridine rings is 1. The molecule has 3 aromatic carbocycles. The number of hydrogen-bond donors (Lipinski definition) is 1. The van der Waals surface area contributed by atoms with Gasteiger partial charge in [-0.2, -0.15) is 0 Å². The van der Waals surface area contributed by atoms with Gasteiger partial charge in [-0.05, 0) is 38.1 Å². The molecule has 0 saturated carbocycles. The molecule has 0 unspecified atom stereocenters. The number of aryl methyl sites for hydroxylation is 2. The third-order valence-corrected chi connectivity index (χ3v) is 5.76. The lowest BCUT2D eigenvalue weighted by Gasteiger charge is -2.14. The summed E-state index contributed by atoms with van der Waals surface area (Å²) in [5.41, 5.74) is 3.15. The summed E-state index contributed by atoms with van der Waals surface area (Å²) in [6, 6.07) is 17.6. The molecular formula is C27H22N2O5. The van der Waals surface area contributed by atoms with Crippen LogP contribution in [0.15, 0.2) is 71.7 Å². The summed E-state index contributed by atoms with van der Waals surface area (Å²) in [5.74, 6) is 0.503. The van der Waals surface area contributed by atoms with Crippen LogP contribution in [0, 0.1) is 13.8 Å². The number of amides is 1. The SMILES string of the molecule is Cc1ccc(C(=O)c2cn(CC(=O)Nc3ccc4c(c3)OCO4)c3ccc(C)cc3c2=O)cc1. The van der Waals surface area contributed by atoms with Crippen molar-refractivity contribution >= 4 is 28.3 Å². The first-order valence-electron chi connectivity index (χ1n) is 10.8. The van der Waals surface area contributed by atoms with Crippen LogP contribution in [0.25, 0.3) is 10.9 Å². The van der Waals surface area contributed by atoms with Crippen molar-refractivity contribution in [1.29, 1.82) is 0 Å². The largest absolute Gasteiger partial charge is 0.454 e. The number of aromatic nitrogens is 1. The fourth-order valence-electron chi connectivity index (χ4n) is 3.99. The zero-order valence-electron chi connectivity index (χ0n) is 18.8. The first-order valence-corrected chi connectivity index (χ1v) is 10.8. The lowest BCUT2D eigenvalue weighted by molar-refractivity contribution is -0.116. The maximum absolute atomic E-state index is 13.2. The summed E-state index contributed by atoms with van der Waals surface area (Å²) in [6.07, 6.45) is 1.47. The van der Waals surface area contributed by atoms with E-state index < -0.39 is 0 Å². The molecule has 1 amide bonds. The highest BCUT2D eigenvalue weighted by Gasteiger charge is 2.19. The maximum atomic E-state index is 13.2. The van der Waals surface area contributed by atoms with E-state index in [4.69, 9.17) is 9.47 Å². The minimum atomic E-state index is -0.377. The van der Waals surface area contributed by atoms with Gasteiger partial charge >= 0.3 is 0 Å². The number of nitrogens with one attached hydrogen (secondary N) is 1. The van der Waals surface area contributed by atoms with Crippen LogP contribution in [-0.2, 0) is 11.3 Å². The average Bonchev–Trinajstić information content (AvgIpc) is 3.29. The molecule has 170 valence electrons. The molecular weight excluding hydrogens is 432 g/mol. The highest BCUT2D eigenvalue weighted by atomic mass is 16.7. The molecule has 2 heterocycles. The smallest absolute Gasteiger partial charge is 0.244 e. The molecule has 1 aliphatic rings. The fourth-order valence-corrected chi connectivity index (χ4v) is 3.99. The summed E-state index contributed by atoms with van der Waals surface area (Å²) >= 11 is 0. The monoisotopic (exact) mass is 454 g/mol. The second kappa shape index (κ2) is 8.51. The van der Waals surface area contributed by atoms with Crippen molar-refractivity contribution in [3.05, 3.63) is 99.3 Å². The number of benzene rings is 3. The summed E-state index contributed by atoms with van der Waals surface area (Å²) in [6.45, 7) is 3.87. The molecule has 1 N–H and O–H groups in total. The normalized spacial score (nSPS) is 12.1. The lowest BCUT2D eigenvalue weighted by atomic mass is 10.0. The van der Waals surface area contributed by atoms with E-state index in [0.29, 0.717) is 33.7 Å². The molecule has 0 radical (unpaired) electrons. The van der Waals surface area contributed by atoms with Gasteiger partial charge in [-0.25, -0.2) is 0 Å². The number of anilines is 1. The van der Waals surface area contributed by atoms with Gasteiger partial charge in [0.15, 0.2) is 17.3 Å². The van der Waals surface area contributed by atoms with Gasteiger partial charge in [-0.3, -0.25) is 14.4 Å². The van der Waals surface area contributed by atoms with Crippen molar-refractivity contribution in [1.82, 2.24) is 4.57 Å². The van der Waals surface area contributed by atoms with Gasteiger partial charge in [0, 0.05) is 28.9 Å². The number of carbonyl (C=O) groups excluding carboxylic acids is 2. The Bertz CT molecular complexity index is 1500. The van der Waals surface area contributed by atoms with Gasteiger partial charge in [0.25, 0.3) is 0 Å². The van der Waals surface area contributed by atoms with Crippen LogP contribution in [-0.4, -0.2) is 23.1 Å². The molecule has 0 saturated heterocycles. The molecule has 4 aromatic rings. The Kier molecular flexibility index (Phi) is 5.37. The van der Waals surface area contributed by atoms with E-state index in [-0.39, 0.29) is 36.0 Å². The molecule has 7 nitrogen and oxygen atoms in total. The number of fused-ring (bicyclic) bond motifs is 2. The quantitative estimate of drug-likeness (QED) is 0.457. The third kappa shape index (κ3) is 4.03. The molecule has 5 rings (SSSR count). The Labute approximate surface area is 195 Å². The molecule has 34 heavy (non-hydrogen) atoms. The molecule has 0 atom stereocenters. The molecule has 0 spiro atoms. The minimum Gasteiger partial charge on any atom is -0.454 e. The van der Waals surface area contributed by atoms with Crippen LogP contribution < -0.4 is 20.2 Å². The molecule has 0 fully saturated rings. The second-order valence-electron chi connectivity index (χ2n) is 8.33. The number of nitrogens with zero attached hydrogens (tertiary/aromatic N) is 1. The number of carbonyl (C=O) groups is 2. The molecule has 1 aliphatic heterocycles. The lowest BCUT2D eigenvalue weighted by Crippen LogP contribution is -2.24. The van der Waals surface area contributed by atoms with Crippen LogP contribution in [0.3, 0.4) is 0 Å². The van der Waals surface area contributed by atoms with E-state index in [0.717, 1.165) is 11.1 Å². The van der Waals surface area contributed by atoms with Crippen molar-refractivity contribution in [2.75, 3.05) is 12.1 Å². The topological polar surface area (TPSA) is 86.6 Å². The van der Waals surface area contributed by atoms with Gasteiger partial charge in [0.05, 0.1) is 11.1 Å². The Morgan fingerprint density at radius 3 is 2.44 bits per heavy atom. The first-order chi connectivity index (χ1) is 16.4. The van der Waals surface area contributed by atoms with E-state index in [9.17, 15) is 14.4 Å². The van der Waals surface area contributed by atoms with Crippen molar-refractivity contribution in [2.45, 2.75) is 20.4 Å². The average molecular weight is 454 g/mol. The van der Waals surface area contributed by atoms with Gasteiger partial charge in [-0.15, -0.1) is 0 Å². The van der Waals surface area contributed by atoms with E-state index in [1.807, 2.05) is 32.0 Å². The summed E-state index contributed by atoms with van der Waals surface area (Å²) in [4.78, 5) is 39.3. The fraction of sp³-hybridized carbons (Fsp3) is 0.148. The van der Waals surface area contributed by atoms with E-state index >= 15 is 0 Å². The highest BCUT2D eigenvalue weighted by Crippen LogP contribution is 2.34. The van der Waals surface area contributed by atoms with Crippen molar-refractivity contribution in [2.24, 2.45) is 0 Å². The van der Waals surface area contributed by atoms with Gasteiger partial charge in [0.1, 0.15) is 6.54 Å². The highest BCUT2D eigenvalue weighted by molar-refractivity contribution is 6.10. The first kappa shape index (κ1) is 21.5. The Hall–Kier alpha value is -4.39. The van der Waals surface area contributed by atoms with Crippen molar-refractivity contribution in [3.63, 3.8) is 0 Å². The number of rotatable bonds is 5. The van der Waals surface area contributed by atoms with E-state index in [2.05, 4.69) is 5.32 Å². The maximum Gasteiger partial charge on any atom is 0.244 e. The summed E-state index contributed by atoms with van der Waals surface area (Å²) < 4.78 is 12.3. The van der Waals surface area contributed by atoms with Gasteiger partial charge in [0.2, 0.25) is 18.1 Å². The zero-order chi connectivity index (χ0) is 23.8. The molecule has 0 aliphatic carbocycles. The summed E-state index contributed by atoms with van der Waals surface area (Å²) in [7, 11) is 0. The van der Waals surface area contributed by atoms with Gasteiger partial charge in [-0.1, -0.05) is 41.5 Å². The van der Waals surface area contributed by atoms with Crippen molar-refractivity contribution < 1.29 is 19.1 Å². The van der Waals surface area contributed by atoms with Crippen LogP contribution in [0.4, 0.5) is 5.69 Å². The Morgan fingerprint density at radius 1 is 0.912 bits per heavy atom. The Balaban J connectivity index is 1.51. The summed E-state index contributed by atoms with van der Waals surface area (Å²) in [5, 5.41) is 3.24. The number of ketones is 1. The van der Waals surface area contributed by atoms with Crippen molar-refractivity contribution in [3.8, 4) is 11.5 Å². The predicted molar refractivity (Wildman–Crippen MR) is 129 cm³/mol. The van der Waals surface area contributed by atoms with E-state index in [1.165, 1.54) is 6.20 Å². The van der Waals surface area contributed by atoms with Crippen LogP contribution in [0.2, 0.25) is 0 Å². The molecule has 1 aromatic heterocycles. The number of ether oxygens (including phenoxy) is 2. The standard InChI is InChI=1S/C27H22N2O5/c1-16-3-6-18(7-4-16)26(31)21-13-29(22-9-5-17(2)11-20(22)27(21)32)14-25(30)28-19-8-10-23-24(12-19)34-15-33-23/h3-13H,14-15H2,1-2H3,(H,28,30). The molecule has 0 bridgehead atoms. The zero-order valence-corrected chi connectivity index (χ0v) is 18.8. The van der Waals surface area contributed by atoms with Crippen LogP contribution in [0.1, 0.15) is 27.0 Å².